The highest BCUT2D eigenvalue weighted by molar-refractivity contribution is 7.79. The number of nitrogens with zero attached hydrogens (tertiary/aromatic N) is 2. The number of hydrogen-bond acceptors (Lipinski definition) is 6. The zero-order valence-electron chi connectivity index (χ0n) is 12.6. The summed E-state index contributed by atoms with van der Waals surface area (Å²) in [5, 5.41) is 21.5. The highest BCUT2D eigenvalue weighted by Crippen LogP contribution is 2.09. The van der Waals surface area contributed by atoms with E-state index in [1.165, 1.54) is 12.1 Å². The molecule has 2 aromatic carbocycles. The van der Waals surface area contributed by atoms with Crippen LogP contribution in [0, 0.1) is 11.3 Å². The Morgan fingerprint density at radius 1 is 1.08 bits per heavy atom. The highest BCUT2D eigenvalue weighted by Gasteiger charge is 2.00. The topological polar surface area (TPSA) is 160 Å². The van der Waals surface area contributed by atoms with Gasteiger partial charge in [-0.2, -0.15) is 18.8 Å². The number of benzene rings is 2. The number of carboxylic acids is 1. The second-order valence-electron chi connectivity index (χ2n) is 4.43. The highest BCUT2D eigenvalue weighted by atomic mass is 32.3. The van der Waals surface area contributed by atoms with Gasteiger partial charge in [0.05, 0.1) is 29.1 Å². The normalized spacial score (nSPS) is 10.4. The Bertz CT molecular complexity index is 876. The van der Waals surface area contributed by atoms with Crippen molar-refractivity contribution in [2.45, 2.75) is 0 Å². The average molecular weight is 363 g/mol. The largest absolute Gasteiger partial charge is 0.478 e. The fourth-order valence-electron chi connectivity index (χ4n) is 1.51. The third kappa shape index (κ3) is 8.82. The predicted octanol–water partition coefficient (Wildman–Crippen LogP) is 2.05. The molecule has 0 saturated heterocycles. The molecule has 0 amide bonds. The van der Waals surface area contributed by atoms with Crippen LogP contribution in [-0.2, 0) is 10.4 Å². The average Bonchev–Trinajstić information content (AvgIpc) is 2.54. The van der Waals surface area contributed by atoms with E-state index in [1.54, 1.807) is 42.6 Å². The molecule has 10 heteroatoms. The summed E-state index contributed by atoms with van der Waals surface area (Å²) in [4.78, 5) is 10.7. The van der Waals surface area contributed by atoms with Gasteiger partial charge in [0.1, 0.15) is 0 Å². The molecule has 2 aromatic rings. The molecule has 130 valence electrons. The van der Waals surface area contributed by atoms with Gasteiger partial charge >= 0.3 is 16.4 Å². The van der Waals surface area contributed by atoms with E-state index in [0.29, 0.717) is 11.3 Å². The van der Waals surface area contributed by atoms with Crippen molar-refractivity contribution < 1.29 is 27.4 Å². The lowest BCUT2D eigenvalue weighted by Crippen LogP contribution is -1.96. The number of nitrogens with one attached hydrogen (secondary N) is 1. The van der Waals surface area contributed by atoms with Crippen molar-refractivity contribution in [1.29, 1.82) is 5.26 Å². The van der Waals surface area contributed by atoms with Crippen molar-refractivity contribution in [3.05, 3.63) is 65.2 Å². The summed E-state index contributed by atoms with van der Waals surface area (Å²) >= 11 is 0. The second-order valence-corrected chi connectivity index (χ2v) is 5.33. The number of nitriles is 1. The Morgan fingerprint density at radius 3 is 2.04 bits per heavy atom. The molecule has 0 atom stereocenters. The van der Waals surface area contributed by atoms with Gasteiger partial charge in [-0.25, -0.2) is 4.79 Å². The van der Waals surface area contributed by atoms with Gasteiger partial charge in [0.15, 0.2) is 0 Å². The molecule has 0 spiro atoms. The van der Waals surface area contributed by atoms with E-state index in [0.717, 1.165) is 5.56 Å². The van der Waals surface area contributed by atoms with Gasteiger partial charge in [0.2, 0.25) is 0 Å². The summed E-state index contributed by atoms with van der Waals surface area (Å²) in [7, 11) is -4.67. The molecule has 0 aromatic heterocycles. The van der Waals surface area contributed by atoms with Crippen LogP contribution in [0.2, 0.25) is 0 Å². The summed E-state index contributed by atoms with van der Waals surface area (Å²) in [5.74, 6) is -0.961. The van der Waals surface area contributed by atoms with Crippen molar-refractivity contribution in [3.8, 4) is 6.07 Å². The lowest BCUT2D eigenvalue weighted by Gasteiger charge is -2.00. The number of carboxylic acid groups (broad SMARTS) is 1. The van der Waals surface area contributed by atoms with Crippen molar-refractivity contribution in [2.75, 3.05) is 5.43 Å². The minimum Gasteiger partial charge on any atom is -0.478 e. The molecule has 0 unspecified atom stereocenters. The zero-order chi connectivity index (χ0) is 18.9. The van der Waals surface area contributed by atoms with E-state index in [1.807, 2.05) is 6.07 Å². The summed E-state index contributed by atoms with van der Waals surface area (Å²) < 4.78 is 31.6. The molecule has 9 nitrogen and oxygen atoms in total. The molecule has 4 N–H and O–H groups in total. The maximum absolute atomic E-state index is 10.7. The number of carbonyl (C=O) groups is 1. The van der Waals surface area contributed by atoms with Gasteiger partial charge in [0.25, 0.3) is 0 Å². The summed E-state index contributed by atoms with van der Waals surface area (Å²) in [6.45, 7) is 0. The Morgan fingerprint density at radius 2 is 1.60 bits per heavy atom. The monoisotopic (exact) mass is 363 g/mol. The van der Waals surface area contributed by atoms with Crippen LogP contribution in [0.1, 0.15) is 21.5 Å². The molecular weight excluding hydrogens is 350 g/mol. The first-order valence-corrected chi connectivity index (χ1v) is 7.91. The van der Waals surface area contributed by atoms with Crippen LogP contribution in [0.5, 0.6) is 0 Å². The van der Waals surface area contributed by atoms with Gasteiger partial charge in [-0.1, -0.05) is 12.1 Å². The standard InChI is InChI=1S/C15H11N3O2.H2O4S/c16-9-11-1-3-12(4-2-11)10-17-18-14-7-5-13(6-8-14)15(19)20;1-5(2,3)4/h1-8,10,18H,(H,19,20);(H2,1,2,3,4). The van der Waals surface area contributed by atoms with E-state index in [4.69, 9.17) is 27.9 Å². The van der Waals surface area contributed by atoms with Crippen LogP contribution < -0.4 is 5.43 Å². The Kier molecular flexibility index (Phi) is 7.23. The fourth-order valence-corrected chi connectivity index (χ4v) is 1.51. The van der Waals surface area contributed by atoms with Crippen LogP contribution in [0.25, 0.3) is 0 Å². The minimum absolute atomic E-state index is 0.228. The van der Waals surface area contributed by atoms with Gasteiger partial charge < -0.3 is 5.11 Å². The Balaban J connectivity index is 0.000000550. The van der Waals surface area contributed by atoms with Crippen LogP contribution in [0.4, 0.5) is 5.69 Å². The predicted molar refractivity (Wildman–Crippen MR) is 90.0 cm³/mol. The van der Waals surface area contributed by atoms with Crippen molar-refractivity contribution in [3.63, 3.8) is 0 Å². The Labute approximate surface area is 143 Å². The van der Waals surface area contributed by atoms with Crippen molar-refractivity contribution >= 4 is 28.3 Å². The maximum Gasteiger partial charge on any atom is 0.394 e. The SMILES string of the molecule is N#Cc1ccc(C=NNc2ccc(C(=O)O)cc2)cc1.O=S(=O)(O)O. The van der Waals surface area contributed by atoms with Gasteiger partial charge in [-0.05, 0) is 42.0 Å². The summed E-state index contributed by atoms with van der Waals surface area (Å²) in [6.07, 6.45) is 1.62. The van der Waals surface area contributed by atoms with Crippen LogP contribution in [0.3, 0.4) is 0 Å². The molecule has 0 aliphatic heterocycles. The van der Waals surface area contributed by atoms with E-state index >= 15 is 0 Å². The Hall–Kier alpha value is -3.26. The lowest BCUT2D eigenvalue weighted by atomic mass is 10.2. The first kappa shape index (κ1) is 19.8. The van der Waals surface area contributed by atoms with E-state index < -0.39 is 16.4 Å². The van der Waals surface area contributed by atoms with Gasteiger partial charge in [-0.3, -0.25) is 14.5 Å². The first-order valence-electron chi connectivity index (χ1n) is 6.51. The van der Waals surface area contributed by atoms with E-state index in [2.05, 4.69) is 10.5 Å². The van der Waals surface area contributed by atoms with Crippen molar-refractivity contribution in [1.82, 2.24) is 0 Å². The molecule has 0 heterocycles. The lowest BCUT2D eigenvalue weighted by molar-refractivity contribution is 0.0697. The number of hydrazone groups is 1. The molecule has 2 rings (SSSR count). The minimum atomic E-state index is -4.67. The third-order valence-electron chi connectivity index (χ3n) is 2.58. The smallest absolute Gasteiger partial charge is 0.394 e. The molecule has 0 bridgehead atoms. The second kappa shape index (κ2) is 9.14. The summed E-state index contributed by atoms with van der Waals surface area (Å²) in [5.41, 5.74) is 5.18. The molecule has 25 heavy (non-hydrogen) atoms. The summed E-state index contributed by atoms with van der Waals surface area (Å²) in [6, 6.07) is 15.3. The number of rotatable bonds is 4. The fraction of sp³-hybridized carbons (Fsp3) is 0. The molecule has 0 aliphatic carbocycles. The van der Waals surface area contributed by atoms with Gasteiger partial charge in [0, 0.05) is 0 Å². The molecule has 0 fully saturated rings. The van der Waals surface area contributed by atoms with Crippen LogP contribution >= 0.6 is 0 Å². The van der Waals surface area contributed by atoms with Crippen LogP contribution in [-0.4, -0.2) is 34.8 Å². The number of anilines is 1. The van der Waals surface area contributed by atoms with Crippen LogP contribution in [0.15, 0.2) is 53.6 Å². The first-order chi connectivity index (χ1) is 11.7. The molecule has 0 aliphatic rings. The van der Waals surface area contributed by atoms with E-state index in [9.17, 15) is 4.79 Å². The van der Waals surface area contributed by atoms with Crippen molar-refractivity contribution in [2.24, 2.45) is 5.10 Å². The number of hydrogen-bond donors (Lipinski definition) is 4. The molecule has 0 radical (unpaired) electrons. The molecule has 0 saturated carbocycles. The quantitative estimate of drug-likeness (QED) is 0.365. The molecular formula is C15H13N3O6S. The maximum atomic E-state index is 10.7. The van der Waals surface area contributed by atoms with Gasteiger partial charge in [-0.15, -0.1) is 0 Å². The third-order valence-corrected chi connectivity index (χ3v) is 2.58. The zero-order valence-corrected chi connectivity index (χ0v) is 13.4. The number of aromatic carboxylic acids is 1. The van der Waals surface area contributed by atoms with E-state index in [-0.39, 0.29) is 5.56 Å².